The van der Waals surface area contributed by atoms with Crippen LogP contribution in [0.5, 0.6) is 0 Å². The lowest BCUT2D eigenvalue weighted by Gasteiger charge is -2.15. The van der Waals surface area contributed by atoms with E-state index in [1.807, 2.05) is 31.2 Å². The van der Waals surface area contributed by atoms with Gasteiger partial charge in [-0.25, -0.2) is 13.4 Å². The van der Waals surface area contributed by atoms with Crippen LogP contribution in [-0.2, 0) is 16.6 Å². The molecular weight excluding hydrogens is 400 g/mol. The quantitative estimate of drug-likeness (QED) is 0.589. The summed E-state index contributed by atoms with van der Waals surface area (Å²) in [5.74, 6) is 0.754. The predicted octanol–water partition coefficient (Wildman–Crippen LogP) is 2.95. The number of aromatic nitrogens is 2. The highest BCUT2D eigenvalue weighted by atomic mass is 32.2. The Morgan fingerprint density at radius 3 is 2.50 bits per heavy atom. The molecule has 3 aromatic rings. The van der Waals surface area contributed by atoms with Crippen molar-refractivity contribution in [3.63, 3.8) is 0 Å². The summed E-state index contributed by atoms with van der Waals surface area (Å²) in [6.45, 7) is 4.40. The van der Waals surface area contributed by atoms with E-state index in [-0.39, 0.29) is 10.8 Å². The molecule has 158 valence electrons. The fraction of sp³-hybridized carbons (Fsp3) is 0.364. The number of para-hydroxylation sites is 2. The molecule has 1 aliphatic heterocycles. The number of amides is 1. The normalized spacial score (nSPS) is 15.0. The molecule has 1 N–H and O–H groups in total. The number of nitrogens with zero attached hydrogens (tertiary/aromatic N) is 3. The first-order valence-corrected chi connectivity index (χ1v) is 11.7. The summed E-state index contributed by atoms with van der Waals surface area (Å²) in [4.78, 5) is 17.2. The molecule has 2 heterocycles. The fourth-order valence-corrected chi connectivity index (χ4v) is 5.39. The third-order valence-electron chi connectivity index (χ3n) is 5.51. The van der Waals surface area contributed by atoms with Crippen LogP contribution < -0.4 is 5.32 Å². The molecule has 0 saturated carbocycles. The Hall–Kier alpha value is -2.71. The number of hydrogen-bond donors (Lipinski definition) is 1. The molecule has 0 aliphatic carbocycles. The molecule has 4 rings (SSSR count). The van der Waals surface area contributed by atoms with Crippen molar-refractivity contribution in [2.24, 2.45) is 0 Å². The summed E-state index contributed by atoms with van der Waals surface area (Å²) in [6, 6.07) is 14.2. The summed E-state index contributed by atoms with van der Waals surface area (Å²) in [6.07, 6.45) is 2.57. The first-order chi connectivity index (χ1) is 14.5. The Bertz CT molecular complexity index is 1150. The lowest BCUT2D eigenvalue weighted by Crippen LogP contribution is -2.28. The number of fused-ring (bicyclic) bond motifs is 1. The zero-order chi connectivity index (χ0) is 21.1. The van der Waals surface area contributed by atoms with Gasteiger partial charge in [0.25, 0.3) is 5.91 Å². The van der Waals surface area contributed by atoms with E-state index in [9.17, 15) is 13.2 Å². The number of rotatable bonds is 7. The van der Waals surface area contributed by atoms with Gasteiger partial charge in [0, 0.05) is 31.7 Å². The number of imidazole rings is 1. The number of carbonyl (C=O) groups is 1. The van der Waals surface area contributed by atoms with Crippen molar-refractivity contribution < 1.29 is 13.2 Å². The van der Waals surface area contributed by atoms with E-state index in [1.54, 1.807) is 12.1 Å². The maximum atomic E-state index is 12.6. The van der Waals surface area contributed by atoms with Crippen LogP contribution in [0.1, 0.15) is 35.4 Å². The highest BCUT2D eigenvalue weighted by molar-refractivity contribution is 7.89. The van der Waals surface area contributed by atoms with Crippen molar-refractivity contribution in [1.82, 2.24) is 19.2 Å². The molecular formula is C22H26N4O3S. The van der Waals surface area contributed by atoms with Crippen molar-refractivity contribution in [2.75, 3.05) is 19.6 Å². The monoisotopic (exact) mass is 426 g/mol. The van der Waals surface area contributed by atoms with Crippen molar-refractivity contribution in [3.8, 4) is 0 Å². The smallest absolute Gasteiger partial charge is 0.251 e. The predicted molar refractivity (Wildman–Crippen MR) is 116 cm³/mol. The van der Waals surface area contributed by atoms with Crippen LogP contribution in [0, 0.1) is 6.92 Å². The SMILES string of the molecule is Cc1nc2ccccc2n1CCCNC(=O)c1ccc(S(=O)(=O)N2CCCC2)cc1. The van der Waals surface area contributed by atoms with Gasteiger partial charge in [-0.2, -0.15) is 4.31 Å². The molecule has 1 saturated heterocycles. The van der Waals surface area contributed by atoms with Gasteiger partial charge in [0.1, 0.15) is 5.82 Å². The Balaban J connectivity index is 1.32. The standard InChI is InChI=1S/C22H26N4O3S/c1-17-24-20-7-2-3-8-21(20)26(17)16-6-13-23-22(27)18-9-11-19(12-10-18)30(28,29)25-14-4-5-15-25/h2-3,7-12H,4-6,13-16H2,1H3,(H,23,27). The van der Waals surface area contributed by atoms with Crippen molar-refractivity contribution >= 4 is 27.0 Å². The third-order valence-corrected chi connectivity index (χ3v) is 7.42. The van der Waals surface area contributed by atoms with E-state index in [4.69, 9.17) is 0 Å². The van der Waals surface area contributed by atoms with Crippen LogP contribution in [0.4, 0.5) is 0 Å². The lowest BCUT2D eigenvalue weighted by molar-refractivity contribution is 0.0952. The van der Waals surface area contributed by atoms with E-state index < -0.39 is 10.0 Å². The summed E-state index contributed by atoms with van der Waals surface area (Å²) >= 11 is 0. The molecule has 30 heavy (non-hydrogen) atoms. The molecule has 0 atom stereocenters. The van der Waals surface area contributed by atoms with Gasteiger partial charge < -0.3 is 9.88 Å². The van der Waals surface area contributed by atoms with E-state index in [1.165, 1.54) is 16.4 Å². The average Bonchev–Trinajstić information content (AvgIpc) is 3.40. The van der Waals surface area contributed by atoms with Crippen LogP contribution >= 0.6 is 0 Å². The first kappa shape index (κ1) is 20.6. The largest absolute Gasteiger partial charge is 0.352 e. The first-order valence-electron chi connectivity index (χ1n) is 10.3. The number of nitrogens with one attached hydrogen (secondary N) is 1. The topological polar surface area (TPSA) is 84.3 Å². The minimum absolute atomic E-state index is 0.202. The molecule has 8 heteroatoms. The second kappa shape index (κ2) is 8.57. The number of carbonyl (C=O) groups excluding carboxylic acids is 1. The Morgan fingerprint density at radius 2 is 1.77 bits per heavy atom. The maximum absolute atomic E-state index is 12.6. The van der Waals surface area contributed by atoms with Gasteiger partial charge in [-0.05, 0) is 62.6 Å². The average molecular weight is 427 g/mol. The zero-order valence-electron chi connectivity index (χ0n) is 17.0. The highest BCUT2D eigenvalue weighted by Gasteiger charge is 2.27. The van der Waals surface area contributed by atoms with E-state index in [2.05, 4.69) is 14.9 Å². The second-order valence-electron chi connectivity index (χ2n) is 7.54. The molecule has 1 fully saturated rings. The van der Waals surface area contributed by atoms with Crippen LogP contribution in [0.2, 0.25) is 0 Å². The fourth-order valence-electron chi connectivity index (χ4n) is 3.88. The summed E-state index contributed by atoms with van der Waals surface area (Å²) in [5, 5.41) is 2.91. The lowest BCUT2D eigenvalue weighted by atomic mass is 10.2. The van der Waals surface area contributed by atoms with Crippen LogP contribution in [0.15, 0.2) is 53.4 Å². The molecule has 1 aliphatic rings. The van der Waals surface area contributed by atoms with Gasteiger partial charge in [0.05, 0.1) is 15.9 Å². The molecule has 2 aromatic carbocycles. The van der Waals surface area contributed by atoms with Crippen molar-refractivity contribution in [3.05, 3.63) is 59.9 Å². The molecule has 1 aromatic heterocycles. The molecule has 7 nitrogen and oxygen atoms in total. The van der Waals surface area contributed by atoms with E-state index in [0.29, 0.717) is 25.2 Å². The van der Waals surface area contributed by atoms with Crippen molar-refractivity contribution in [1.29, 1.82) is 0 Å². The summed E-state index contributed by atoms with van der Waals surface area (Å²) < 4.78 is 28.8. The van der Waals surface area contributed by atoms with Gasteiger partial charge >= 0.3 is 0 Å². The van der Waals surface area contributed by atoms with Gasteiger partial charge in [-0.1, -0.05) is 12.1 Å². The minimum Gasteiger partial charge on any atom is -0.352 e. The molecule has 0 unspecified atom stereocenters. The number of benzene rings is 2. The van der Waals surface area contributed by atoms with Gasteiger partial charge in [-0.15, -0.1) is 0 Å². The third kappa shape index (κ3) is 4.11. The molecule has 0 bridgehead atoms. The highest BCUT2D eigenvalue weighted by Crippen LogP contribution is 2.21. The minimum atomic E-state index is -3.46. The Kier molecular flexibility index (Phi) is 5.87. The van der Waals surface area contributed by atoms with Crippen LogP contribution in [-0.4, -0.2) is 47.8 Å². The number of hydrogen-bond acceptors (Lipinski definition) is 4. The number of sulfonamides is 1. The van der Waals surface area contributed by atoms with Crippen LogP contribution in [0.3, 0.4) is 0 Å². The molecule has 0 spiro atoms. The second-order valence-corrected chi connectivity index (χ2v) is 9.48. The zero-order valence-corrected chi connectivity index (χ0v) is 17.9. The van der Waals surface area contributed by atoms with Gasteiger partial charge in [0.15, 0.2) is 0 Å². The van der Waals surface area contributed by atoms with E-state index >= 15 is 0 Å². The van der Waals surface area contributed by atoms with Gasteiger partial charge in [-0.3, -0.25) is 4.79 Å². The summed E-state index contributed by atoms with van der Waals surface area (Å²) in [7, 11) is -3.46. The molecule has 1 amide bonds. The molecule has 0 radical (unpaired) electrons. The Labute approximate surface area is 176 Å². The van der Waals surface area contributed by atoms with Crippen LogP contribution in [0.25, 0.3) is 11.0 Å². The Morgan fingerprint density at radius 1 is 1.07 bits per heavy atom. The van der Waals surface area contributed by atoms with Gasteiger partial charge in [0.2, 0.25) is 10.0 Å². The van der Waals surface area contributed by atoms with Crippen molar-refractivity contribution in [2.45, 2.75) is 37.6 Å². The summed E-state index contributed by atoms with van der Waals surface area (Å²) in [5.41, 5.74) is 2.53. The number of aryl methyl sites for hydroxylation is 2. The maximum Gasteiger partial charge on any atom is 0.251 e. The van der Waals surface area contributed by atoms with E-state index in [0.717, 1.165) is 42.7 Å².